The Morgan fingerprint density at radius 3 is 2.44 bits per heavy atom. The largest absolute Gasteiger partial charge is 0.493 e. The topological polar surface area (TPSA) is 33.1 Å². The molecule has 0 bridgehead atoms. The summed E-state index contributed by atoms with van der Waals surface area (Å²) < 4.78 is 11.9. The fourth-order valence-electron chi connectivity index (χ4n) is 0.398. The third-order valence-electron chi connectivity index (χ3n) is 0.700. The normalized spacial score (nSPS) is 8.11. The van der Waals surface area contributed by atoms with Crippen molar-refractivity contribution >= 4 is 0 Å². The summed E-state index contributed by atoms with van der Waals surface area (Å²) in [5, 5.41) is 8.46. The minimum absolute atomic E-state index is 0. The molecular weight excluding hydrogens is 212 g/mol. The summed E-state index contributed by atoms with van der Waals surface area (Å²) in [5.74, 6) is -0.949. The zero-order valence-corrected chi connectivity index (χ0v) is 5.98. The molecule has 1 N–H and O–H groups in total. The molecule has 0 amide bonds. The Labute approximate surface area is 64.5 Å². The molecule has 0 aliphatic rings. The van der Waals surface area contributed by atoms with Crippen molar-refractivity contribution in [3.8, 4) is 5.88 Å². The standard InChI is InChI=1S/C5H4FNO.Rh/c6-4-2-1-3-5(8)7-4;/h1-3H,(H,7,8);. The molecule has 1 heterocycles. The fourth-order valence-corrected chi connectivity index (χ4v) is 0.398. The van der Waals surface area contributed by atoms with Crippen molar-refractivity contribution in [2.75, 3.05) is 0 Å². The molecule has 1 radical (unpaired) electrons. The molecule has 0 aliphatic carbocycles. The smallest absolute Gasteiger partial charge is 0.216 e. The van der Waals surface area contributed by atoms with Gasteiger partial charge in [0.25, 0.3) is 0 Å². The third kappa shape index (κ3) is 2.52. The Morgan fingerprint density at radius 1 is 1.44 bits per heavy atom. The average molecular weight is 216 g/mol. The van der Waals surface area contributed by atoms with E-state index in [0.29, 0.717) is 0 Å². The van der Waals surface area contributed by atoms with Gasteiger partial charge in [-0.2, -0.15) is 9.37 Å². The van der Waals surface area contributed by atoms with Gasteiger partial charge in [0, 0.05) is 25.5 Å². The van der Waals surface area contributed by atoms with Crippen LogP contribution >= 0.6 is 0 Å². The van der Waals surface area contributed by atoms with Gasteiger partial charge in [0.05, 0.1) is 0 Å². The summed E-state index contributed by atoms with van der Waals surface area (Å²) in [7, 11) is 0. The molecule has 0 unspecified atom stereocenters. The van der Waals surface area contributed by atoms with E-state index in [1.807, 2.05) is 0 Å². The molecule has 1 rings (SSSR count). The van der Waals surface area contributed by atoms with E-state index in [2.05, 4.69) is 4.98 Å². The van der Waals surface area contributed by atoms with Crippen molar-refractivity contribution in [2.24, 2.45) is 0 Å². The maximum atomic E-state index is 11.9. The molecule has 1 aromatic rings. The Bertz CT molecular complexity index is 177. The predicted octanol–water partition coefficient (Wildman–Crippen LogP) is 0.924. The van der Waals surface area contributed by atoms with E-state index in [9.17, 15) is 4.39 Å². The van der Waals surface area contributed by atoms with Gasteiger partial charge in [-0.1, -0.05) is 6.07 Å². The molecule has 0 saturated carbocycles. The summed E-state index contributed by atoms with van der Waals surface area (Å²) >= 11 is 0. The molecule has 4 heteroatoms. The van der Waals surface area contributed by atoms with Crippen molar-refractivity contribution in [3.63, 3.8) is 0 Å². The Morgan fingerprint density at radius 2 is 2.11 bits per heavy atom. The number of rotatable bonds is 0. The average Bonchev–Trinajstić information content (AvgIpc) is 1.64. The van der Waals surface area contributed by atoms with Crippen LogP contribution in [0.4, 0.5) is 4.39 Å². The van der Waals surface area contributed by atoms with E-state index in [1.54, 1.807) is 0 Å². The first kappa shape index (κ1) is 8.50. The van der Waals surface area contributed by atoms with E-state index in [4.69, 9.17) is 5.11 Å². The maximum Gasteiger partial charge on any atom is 0.216 e. The number of pyridine rings is 1. The van der Waals surface area contributed by atoms with E-state index >= 15 is 0 Å². The number of hydrogen-bond donors (Lipinski definition) is 1. The van der Waals surface area contributed by atoms with Crippen LogP contribution in [0.15, 0.2) is 18.2 Å². The first-order valence-corrected chi connectivity index (χ1v) is 2.10. The second-order valence-electron chi connectivity index (χ2n) is 1.32. The Balaban J connectivity index is 0.000000640. The summed E-state index contributed by atoms with van der Waals surface area (Å²) in [6, 6.07) is 3.86. The first-order chi connectivity index (χ1) is 3.79. The van der Waals surface area contributed by atoms with E-state index in [0.717, 1.165) is 0 Å². The van der Waals surface area contributed by atoms with Crippen LogP contribution in [0.5, 0.6) is 5.88 Å². The van der Waals surface area contributed by atoms with E-state index in [-0.39, 0.29) is 25.4 Å². The minimum Gasteiger partial charge on any atom is -0.493 e. The molecular formula is C5H4FNORh. The molecule has 2 nitrogen and oxygen atoms in total. The Kier molecular flexibility index (Phi) is 3.32. The number of halogens is 1. The van der Waals surface area contributed by atoms with Crippen LogP contribution in [-0.4, -0.2) is 10.1 Å². The van der Waals surface area contributed by atoms with E-state index in [1.165, 1.54) is 18.2 Å². The Hall–Kier alpha value is -0.497. The molecule has 0 aliphatic heterocycles. The molecule has 0 atom stereocenters. The van der Waals surface area contributed by atoms with Gasteiger partial charge >= 0.3 is 0 Å². The van der Waals surface area contributed by atoms with Crippen molar-refractivity contribution in [3.05, 3.63) is 24.1 Å². The van der Waals surface area contributed by atoms with Crippen molar-refractivity contribution in [1.82, 2.24) is 4.98 Å². The number of aromatic hydroxyl groups is 1. The number of aromatic nitrogens is 1. The summed E-state index contributed by atoms with van der Waals surface area (Å²) in [6.07, 6.45) is 0. The predicted molar refractivity (Wildman–Crippen MR) is 25.9 cm³/mol. The van der Waals surface area contributed by atoms with Crippen LogP contribution < -0.4 is 0 Å². The molecule has 0 aromatic carbocycles. The number of hydrogen-bond acceptors (Lipinski definition) is 2. The van der Waals surface area contributed by atoms with Gasteiger partial charge in [0.1, 0.15) is 0 Å². The van der Waals surface area contributed by atoms with Crippen LogP contribution in [0.3, 0.4) is 0 Å². The second kappa shape index (κ2) is 3.51. The van der Waals surface area contributed by atoms with Crippen LogP contribution in [0.2, 0.25) is 0 Å². The van der Waals surface area contributed by atoms with Gasteiger partial charge in [0.15, 0.2) is 0 Å². The van der Waals surface area contributed by atoms with Gasteiger partial charge in [-0.3, -0.25) is 0 Å². The maximum absolute atomic E-state index is 11.9. The first-order valence-electron chi connectivity index (χ1n) is 2.10. The minimum atomic E-state index is -0.662. The fraction of sp³-hybridized carbons (Fsp3) is 0. The monoisotopic (exact) mass is 216 g/mol. The molecule has 0 fully saturated rings. The second-order valence-corrected chi connectivity index (χ2v) is 1.32. The molecule has 51 valence electrons. The summed E-state index contributed by atoms with van der Waals surface area (Å²) in [6.45, 7) is 0. The van der Waals surface area contributed by atoms with Gasteiger partial charge < -0.3 is 5.11 Å². The zero-order valence-electron chi connectivity index (χ0n) is 4.34. The molecule has 0 spiro atoms. The van der Waals surface area contributed by atoms with Gasteiger partial charge in [-0.15, -0.1) is 0 Å². The van der Waals surface area contributed by atoms with Crippen LogP contribution in [-0.2, 0) is 19.5 Å². The molecule has 1 aromatic heterocycles. The van der Waals surface area contributed by atoms with Crippen molar-refractivity contribution in [1.29, 1.82) is 0 Å². The van der Waals surface area contributed by atoms with Crippen LogP contribution in [0, 0.1) is 5.95 Å². The molecule has 9 heavy (non-hydrogen) atoms. The SMILES string of the molecule is Oc1cccc(F)n1.[Rh]. The van der Waals surface area contributed by atoms with Crippen molar-refractivity contribution in [2.45, 2.75) is 0 Å². The van der Waals surface area contributed by atoms with Gasteiger partial charge in [-0.05, 0) is 6.07 Å². The van der Waals surface area contributed by atoms with Crippen LogP contribution in [0.1, 0.15) is 0 Å². The molecule has 0 saturated heterocycles. The van der Waals surface area contributed by atoms with Gasteiger partial charge in [0.2, 0.25) is 11.8 Å². The third-order valence-corrected chi connectivity index (χ3v) is 0.700. The van der Waals surface area contributed by atoms with Crippen LogP contribution in [0.25, 0.3) is 0 Å². The zero-order chi connectivity index (χ0) is 5.98. The summed E-state index contributed by atoms with van der Waals surface area (Å²) in [5.41, 5.74) is 0. The van der Waals surface area contributed by atoms with Gasteiger partial charge in [-0.25, -0.2) is 0 Å². The quantitative estimate of drug-likeness (QED) is 0.516. The number of nitrogens with zero attached hydrogens (tertiary/aromatic N) is 1. The van der Waals surface area contributed by atoms with E-state index < -0.39 is 5.95 Å². The van der Waals surface area contributed by atoms with Crippen molar-refractivity contribution < 1.29 is 29.0 Å². The summed E-state index contributed by atoms with van der Waals surface area (Å²) in [4.78, 5) is 3.06.